The molecule has 0 fully saturated rings. The Balaban J connectivity index is 1.19. The van der Waals surface area contributed by atoms with Gasteiger partial charge in [-0.1, -0.05) is 121 Å². The predicted molar refractivity (Wildman–Crippen MR) is 226 cm³/mol. The van der Waals surface area contributed by atoms with Crippen LogP contribution in [0, 0.1) is 0 Å². The van der Waals surface area contributed by atoms with Gasteiger partial charge in [0.2, 0.25) is 0 Å². The van der Waals surface area contributed by atoms with Crippen molar-refractivity contribution in [3.8, 4) is 22.8 Å². The first-order chi connectivity index (χ1) is 26.8. The number of aromatic nitrogens is 4. The van der Waals surface area contributed by atoms with Gasteiger partial charge in [-0.15, -0.1) is 0 Å². The molecule has 0 amide bonds. The van der Waals surface area contributed by atoms with Crippen molar-refractivity contribution in [1.82, 2.24) is 19.1 Å². The first-order valence-electron chi connectivity index (χ1n) is 18.4. The van der Waals surface area contributed by atoms with Crippen LogP contribution in [0.15, 0.2) is 182 Å². The third kappa shape index (κ3) is 4.19. The van der Waals surface area contributed by atoms with Crippen molar-refractivity contribution in [2.45, 2.75) is 0 Å². The van der Waals surface area contributed by atoms with Crippen molar-refractivity contribution in [3.63, 3.8) is 0 Å². The van der Waals surface area contributed by atoms with Crippen LogP contribution >= 0.6 is 0 Å². The fraction of sp³-hybridized carbons (Fsp3) is 0. The molecule has 0 bridgehead atoms. The fourth-order valence-corrected chi connectivity index (χ4v) is 8.76. The van der Waals surface area contributed by atoms with E-state index in [1.807, 2.05) is 12.1 Å². The van der Waals surface area contributed by atoms with E-state index in [2.05, 4.69) is 179 Å². The molecule has 12 rings (SSSR count). The number of para-hydroxylation sites is 3. The lowest BCUT2D eigenvalue weighted by molar-refractivity contribution is 1.08. The lowest BCUT2D eigenvalue weighted by Crippen LogP contribution is -2.04. The molecule has 4 heteroatoms. The highest BCUT2D eigenvalue weighted by Crippen LogP contribution is 2.41. The van der Waals surface area contributed by atoms with Crippen LogP contribution < -0.4 is 0 Å². The Morgan fingerprint density at radius 1 is 0.333 bits per heavy atom. The van der Waals surface area contributed by atoms with Gasteiger partial charge in [0.25, 0.3) is 0 Å². The molecule has 0 saturated carbocycles. The van der Waals surface area contributed by atoms with Crippen molar-refractivity contribution in [3.05, 3.63) is 182 Å². The minimum Gasteiger partial charge on any atom is -0.309 e. The van der Waals surface area contributed by atoms with E-state index in [4.69, 9.17) is 9.97 Å². The second-order valence-electron chi connectivity index (χ2n) is 14.2. The molecule has 0 saturated heterocycles. The van der Waals surface area contributed by atoms with Gasteiger partial charge in [-0.05, 0) is 93.0 Å². The molecule has 0 unspecified atom stereocenters. The first-order valence-corrected chi connectivity index (χ1v) is 18.4. The molecular formula is C50H30N4. The summed E-state index contributed by atoms with van der Waals surface area (Å²) in [5.41, 5.74) is 9.31. The molecule has 54 heavy (non-hydrogen) atoms. The number of hydrogen-bond donors (Lipinski definition) is 0. The third-order valence-electron chi connectivity index (χ3n) is 11.2. The molecule has 12 aromatic rings. The van der Waals surface area contributed by atoms with E-state index in [1.54, 1.807) is 0 Å². The lowest BCUT2D eigenvalue weighted by Gasteiger charge is -2.15. The van der Waals surface area contributed by atoms with Crippen molar-refractivity contribution in [2.75, 3.05) is 0 Å². The number of nitrogens with zero attached hydrogens (tertiary/aromatic N) is 4. The Bertz CT molecular complexity index is 3510. The summed E-state index contributed by atoms with van der Waals surface area (Å²) in [7, 11) is 0. The van der Waals surface area contributed by atoms with Crippen molar-refractivity contribution >= 4 is 87.0 Å². The van der Waals surface area contributed by atoms with Gasteiger partial charge in [0.15, 0.2) is 5.82 Å². The molecule has 4 nitrogen and oxygen atoms in total. The normalized spacial score (nSPS) is 12.1. The van der Waals surface area contributed by atoms with Crippen LogP contribution in [0.2, 0.25) is 0 Å². The molecule has 0 N–H and O–H groups in total. The quantitative estimate of drug-likeness (QED) is 0.185. The average molecular weight is 687 g/mol. The maximum atomic E-state index is 5.43. The molecule has 0 aliphatic rings. The van der Waals surface area contributed by atoms with Gasteiger partial charge >= 0.3 is 0 Å². The van der Waals surface area contributed by atoms with Gasteiger partial charge in [0.05, 0.1) is 33.1 Å². The van der Waals surface area contributed by atoms with Gasteiger partial charge in [0.1, 0.15) is 5.69 Å². The van der Waals surface area contributed by atoms with E-state index in [0.717, 1.165) is 44.8 Å². The van der Waals surface area contributed by atoms with Gasteiger partial charge in [-0.25, -0.2) is 9.97 Å². The Kier molecular flexibility index (Phi) is 6.02. The SMILES string of the molecule is c1ccc2cc(-c3nc4ccccc4nc3-n3c4ccc(-n5c6ccccc6c6c7ccccc7ccc65)cc4c4cc5ccccc5cc43)ccc2c1. The maximum absolute atomic E-state index is 5.43. The smallest absolute Gasteiger partial charge is 0.165 e. The lowest BCUT2D eigenvalue weighted by atomic mass is 10.0. The largest absolute Gasteiger partial charge is 0.309 e. The van der Waals surface area contributed by atoms with Crippen LogP contribution in [0.25, 0.3) is 110 Å². The molecule has 0 aliphatic heterocycles. The summed E-state index contributed by atoms with van der Waals surface area (Å²) in [6, 6.07) is 65.5. The summed E-state index contributed by atoms with van der Waals surface area (Å²) < 4.78 is 4.77. The molecular weight excluding hydrogens is 657 g/mol. The van der Waals surface area contributed by atoms with Gasteiger partial charge < -0.3 is 4.57 Å². The second-order valence-corrected chi connectivity index (χ2v) is 14.2. The predicted octanol–water partition coefficient (Wildman–Crippen LogP) is 13.0. The highest BCUT2D eigenvalue weighted by Gasteiger charge is 2.22. The first kappa shape index (κ1) is 29.3. The topological polar surface area (TPSA) is 35.6 Å². The minimum atomic E-state index is 0.815. The van der Waals surface area contributed by atoms with E-state index in [-0.39, 0.29) is 0 Å². The van der Waals surface area contributed by atoms with Crippen LogP contribution in [0.3, 0.4) is 0 Å². The van der Waals surface area contributed by atoms with E-state index < -0.39 is 0 Å². The zero-order chi connectivity index (χ0) is 35.3. The molecule has 3 aromatic heterocycles. The number of fused-ring (bicyclic) bond motifs is 11. The highest BCUT2D eigenvalue weighted by atomic mass is 15.1. The van der Waals surface area contributed by atoms with Crippen molar-refractivity contribution < 1.29 is 0 Å². The van der Waals surface area contributed by atoms with Gasteiger partial charge in [-0.3, -0.25) is 4.57 Å². The molecule has 0 atom stereocenters. The van der Waals surface area contributed by atoms with Gasteiger partial charge in [0, 0.05) is 32.8 Å². The van der Waals surface area contributed by atoms with E-state index in [1.165, 1.54) is 64.9 Å². The Hall–Kier alpha value is -7.30. The fourth-order valence-electron chi connectivity index (χ4n) is 8.76. The molecule has 250 valence electrons. The number of rotatable bonds is 3. The zero-order valence-corrected chi connectivity index (χ0v) is 29.1. The summed E-state index contributed by atoms with van der Waals surface area (Å²) in [4.78, 5) is 10.8. The summed E-state index contributed by atoms with van der Waals surface area (Å²) in [6.45, 7) is 0. The molecule has 9 aromatic carbocycles. The number of hydrogen-bond acceptors (Lipinski definition) is 2. The van der Waals surface area contributed by atoms with Crippen molar-refractivity contribution in [1.29, 1.82) is 0 Å². The standard InChI is InChI=1S/C50H30N4/c1-2-13-33-27-36(22-21-31(33)11-1)49-50(52-43-19-9-8-18-42(43)51-49)54-45-26-24-37(30-41(45)40-28-34-14-3-4-15-35(34)29-47(40)54)53-44-20-10-7-17-39(44)48-38-16-6-5-12-32(38)23-25-46(48)53/h1-30H. The van der Waals surface area contributed by atoms with Crippen molar-refractivity contribution in [2.24, 2.45) is 0 Å². The monoisotopic (exact) mass is 686 g/mol. The van der Waals surface area contributed by atoms with Crippen LogP contribution in [0.1, 0.15) is 0 Å². The second kappa shape index (κ2) is 11.1. The summed E-state index contributed by atoms with van der Waals surface area (Å²) >= 11 is 0. The van der Waals surface area contributed by atoms with E-state index in [9.17, 15) is 0 Å². The van der Waals surface area contributed by atoms with Gasteiger partial charge in [-0.2, -0.15) is 0 Å². The molecule has 3 heterocycles. The van der Waals surface area contributed by atoms with E-state index >= 15 is 0 Å². The summed E-state index contributed by atoms with van der Waals surface area (Å²) in [6.07, 6.45) is 0. The van der Waals surface area contributed by atoms with Crippen LogP contribution in [-0.2, 0) is 0 Å². The molecule has 0 radical (unpaired) electrons. The molecule has 0 spiro atoms. The zero-order valence-electron chi connectivity index (χ0n) is 29.1. The maximum Gasteiger partial charge on any atom is 0.165 e. The summed E-state index contributed by atoms with van der Waals surface area (Å²) in [5.74, 6) is 0.815. The Morgan fingerprint density at radius 3 is 1.76 bits per heavy atom. The number of benzene rings is 9. The molecule has 0 aliphatic carbocycles. The third-order valence-corrected chi connectivity index (χ3v) is 11.2. The van der Waals surface area contributed by atoms with E-state index in [0.29, 0.717) is 0 Å². The average Bonchev–Trinajstić information content (AvgIpc) is 3.74. The van der Waals surface area contributed by atoms with Crippen LogP contribution in [-0.4, -0.2) is 19.1 Å². The minimum absolute atomic E-state index is 0.815. The van der Waals surface area contributed by atoms with Crippen LogP contribution in [0.5, 0.6) is 0 Å². The Morgan fingerprint density at radius 2 is 0.926 bits per heavy atom. The van der Waals surface area contributed by atoms with Crippen LogP contribution in [0.4, 0.5) is 0 Å². The summed E-state index contributed by atoms with van der Waals surface area (Å²) in [5, 5.41) is 12.2. The Labute approximate surface area is 309 Å². The highest BCUT2D eigenvalue weighted by molar-refractivity contribution is 6.22.